The van der Waals surface area contributed by atoms with Crippen LogP contribution in [0.25, 0.3) is 0 Å². The van der Waals surface area contributed by atoms with Crippen molar-refractivity contribution in [3.8, 4) is 0 Å². The highest BCUT2D eigenvalue weighted by molar-refractivity contribution is 5.78. The largest absolute Gasteiger partial charge is 0.385 e. The summed E-state index contributed by atoms with van der Waals surface area (Å²) in [5.74, 6) is 0.623. The highest BCUT2D eigenvalue weighted by Crippen LogP contribution is 2.14. The Balaban J connectivity index is 3.15. The minimum absolute atomic E-state index is 0.188. The summed E-state index contributed by atoms with van der Waals surface area (Å²) >= 11 is 0. The Morgan fingerprint density at radius 1 is 0.471 bits per heavy atom. The minimum Gasteiger partial charge on any atom is -0.385 e. The summed E-state index contributed by atoms with van der Waals surface area (Å²) in [7, 11) is 3.40. The molecule has 0 aromatic rings. The number of hydrogen-bond donors (Lipinski definition) is 1. The molecule has 202 valence electrons. The second-order valence-electron chi connectivity index (χ2n) is 9.84. The lowest BCUT2D eigenvalue weighted by Gasteiger charge is -2.05. The van der Waals surface area contributed by atoms with Gasteiger partial charge in [-0.2, -0.15) is 0 Å². The summed E-state index contributed by atoms with van der Waals surface area (Å²) in [6.45, 7) is 2.21. The highest BCUT2D eigenvalue weighted by Gasteiger charge is 2.02. The Kier molecular flexibility index (Phi) is 27.5. The average molecular weight is 484 g/mol. The molecule has 34 heavy (non-hydrogen) atoms. The lowest BCUT2D eigenvalue weighted by atomic mass is 10.0. The second kappa shape index (κ2) is 28.3. The quantitative estimate of drug-likeness (QED) is 0.117. The van der Waals surface area contributed by atoms with Crippen LogP contribution in [0.15, 0.2) is 0 Å². The van der Waals surface area contributed by atoms with Crippen LogP contribution >= 0.6 is 0 Å². The topological polar surface area (TPSA) is 64.6 Å². The summed E-state index contributed by atoms with van der Waals surface area (Å²) < 4.78 is 9.99. The lowest BCUT2D eigenvalue weighted by molar-refractivity contribution is -0.121. The molecule has 1 N–H and O–H groups in total. The number of ether oxygens (including phenoxy) is 2. The van der Waals surface area contributed by atoms with E-state index in [9.17, 15) is 9.59 Å². The maximum atomic E-state index is 11.8. The molecular formula is C29H57NO4. The van der Waals surface area contributed by atoms with E-state index in [2.05, 4.69) is 5.32 Å². The Morgan fingerprint density at radius 2 is 0.824 bits per heavy atom. The molecule has 0 spiro atoms. The second-order valence-corrected chi connectivity index (χ2v) is 9.84. The molecule has 0 bridgehead atoms. The molecule has 5 heteroatoms. The van der Waals surface area contributed by atoms with E-state index in [4.69, 9.17) is 9.47 Å². The number of amides is 1. The number of unbranched alkanes of at least 4 members (excludes halogenated alkanes) is 16. The van der Waals surface area contributed by atoms with Crippen LogP contribution in [-0.2, 0) is 19.1 Å². The predicted octanol–water partition coefficient (Wildman–Crippen LogP) is 7.55. The number of Topliss-reactive ketones (excluding diaryl/α,β-unsaturated/α-hetero) is 1. The molecule has 5 nitrogen and oxygen atoms in total. The lowest BCUT2D eigenvalue weighted by Crippen LogP contribution is -2.24. The number of methoxy groups -OCH3 is 2. The SMILES string of the molecule is COCCCCC(=O)CCCCCCCCCCCCCCCCCCC(=O)NCCCOC. The Labute approximate surface area is 211 Å². The molecule has 0 saturated heterocycles. The van der Waals surface area contributed by atoms with Gasteiger partial charge < -0.3 is 14.8 Å². The fraction of sp³-hybridized carbons (Fsp3) is 0.931. The van der Waals surface area contributed by atoms with Gasteiger partial charge in [-0.05, 0) is 32.1 Å². The van der Waals surface area contributed by atoms with Gasteiger partial charge in [-0.1, -0.05) is 89.9 Å². The number of nitrogens with one attached hydrogen (secondary N) is 1. The molecular weight excluding hydrogens is 426 g/mol. The van der Waals surface area contributed by atoms with E-state index < -0.39 is 0 Å². The van der Waals surface area contributed by atoms with Crippen LogP contribution in [0.2, 0.25) is 0 Å². The maximum absolute atomic E-state index is 11.8. The third-order valence-electron chi connectivity index (χ3n) is 6.51. The fourth-order valence-corrected chi connectivity index (χ4v) is 4.31. The molecule has 0 aromatic carbocycles. The standard InChI is InChI=1S/C29H57NO4/c1-33-26-20-19-23-28(31)22-17-15-13-11-9-7-5-3-4-6-8-10-12-14-16-18-24-29(32)30-25-21-27-34-2/h3-27H2,1-2H3,(H,30,32). The van der Waals surface area contributed by atoms with Gasteiger partial charge in [0.05, 0.1) is 0 Å². The summed E-state index contributed by atoms with van der Waals surface area (Å²) in [5, 5.41) is 2.95. The van der Waals surface area contributed by atoms with E-state index in [1.165, 1.54) is 89.9 Å². The van der Waals surface area contributed by atoms with Crippen molar-refractivity contribution in [1.29, 1.82) is 0 Å². The zero-order valence-corrected chi connectivity index (χ0v) is 22.8. The van der Waals surface area contributed by atoms with E-state index in [-0.39, 0.29) is 5.91 Å². The summed E-state index contributed by atoms with van der Waals surface area (Å²) in [6, 6.07) is 0. The Bertz CT molecular complexity index is 402. The number of ketones is 1. The zero-order valence-electron chi connectivity index (χ0n) is 22.8. The molecule has 0 atom stereocenters. The van der Waals surface area contributed by atoms with Crippen LogP contribution in [-0.4, -0.2) is 45.7 Å². The van der Waals surface area contributed by atoms with Gasteiger partial charge in [0.1, 0.15) is 5.78 Å². The summed E-state index contributed by atoms with van der Waals surface area (Å²) in [6.07, 6.45) is 25.7. The van der Waals surface area contributed by atoms with Gasteiger partial charge >= 0.3 is 0 Å². The molecule has 0 saturated carbocycles. The monoisotopic (exact) mass is 483 g/mol. The van der Waals surface area contributed by atoms with Crippen LogP contribution < -0.4 is 5.32 Å². The van der Waals surface area contributed by atoms with Crippen LogP contribution in [0.4, 0.5) is 0 Å². The van der Waals surface area contributed by atoms with E-state index in [1.54, 1.807) is 14.2 Å². The van der Waals surface area contributed by atoms with Gasteiger partial charge in [-0.25, -0.2) is 0 Å². The average Bonchev–Trinajstić information content (AvgIpc) is 2.83. The number of carbonyl (C=O) groups excluding carboxylic acids is 2. The molecule has 0 rings (SSSR count). The van der Waals surface area contributed by atoms with Crippen molar-refractivity contribution in [2.45, 2.75) is 141 Å². The molecule has 0 fully saturated rings. The first kappa shape index (κ1) is 33.1. The Hall–Kier alpha value is -0.940. The van der Waals surface area contributed by atoms with Gasteiger partial charge in [0.25, 0.3) is 0 Å². The van der Waals surface area contributed by atoms with Gasteiger partial charge in [0, 0.05) is 53.2 Å². The van der Waals surface area contributed by atoms with E-state index in [0.29, 0.717) is 18.8 Å². The smallest absolute Gasteiger partial charge is 0.219 e. The van der Waals surface area contributed by atoms with Crippen molar-refractivity contribution in [3.05, 3.63) is 0 Å². The van der Waals surface area contributed by atoms with E-state index >= 15 is 0 Å². The molecule has 0 heterocycles. The molecule has 0 aliphatic heterocycles. The molecule has 0 aromatic heterocycles. The predicted molar refractivity (Wildman–Crippen MR) is 143 cm³/mol. The van der Waals surface area contributed by atoms with Crippen LogP contribution in [0.3, 0.4) is 0 Å². The normalized spacial score (nSPS) is 11.1. The van der Waals surface area contributed by atoms with Gasteiger partial charge in [-0.3, -0.25) is 9.59 Å². The van der Waals surface area contributed by atoms with Crippen molar-refractivity contribution >= 4 is 11.7 Å². The van der Waals surface area contributed by atoms with Crippen molar-refractivity contribution in [2.75, 3.05) is 34.0 Å². The third kappa shape index (κ3) is 27.3. The molecule has 1 amide bonds. The van der Waals surface area contributed by atoms with Crippen LogP contribution in [0.5, 0.6) is 0 Å². The fourth-order valence-electron chi connectivity index (χ4n) is 4.31. The maximum Gasteiger partial charge on any atom is 0.219 e. The first-order valence-electron chi connectivity index (χ1n) is 14.5. The van der Waals surface area contributed by atoms with Crippen molar-refractivity contribution in [2.24, 2.45) is 0 Å². The molecule has 0 aliphatic rings. The number of carbonyl (C=O) groups is 2. The van der Waals surface area contributed by atoms with Crippen molar-refractivity contribution < 1.29 is 19.1 Å². The van der Waals surface area contributed by atoms with Gasteiger partial charge in [-0.15, -0.1) is 0 Å². The third-order valence-corrected chi connectivity index (χ3v) is 6.51. The molecule has 0 radical (unpaired) electrons. The number of rotatable bonds is 28. The van der Waals surface area contributed by atoms with E-state index in [0.717, 1.165) is 58.1 Å². The van der Waals surface area contributed by atoms with Crippen molar-refractivity contribution in [1.82, 2.24) is 5.32 Å². The van der Waals surface area contributed by atoms with Gasteiger partial charge in [0.2, 0.25) is 5.91 Å². The minimum atomic E-state index is 0.188. The summed E-state index contributed by atoms with van der Waals surface area (Å²) in [4.78, 5) is 23.4. The molecule has 0 unspecified atom stereocenters. The van der Waals surface area contributed by atoms with E-state index in [1.807, 2.05) is 0 Å². The van der Waals surface area contributed by atoms with Crippen LogP contribution in [0.1, 0.15) is 141 Å². The molecule has 0 aliphatic carbocycles. The number of hydrogen-bond acceptors (Lipinski definition) is 4. The van der Waals surface area contributed by atoms with Gasteiger partial charge in [0.15, 0.2) is 0 Å². The van der Waals surface area contributed by atoms with Crippen LogP contribution in [0, 0.1) is 0 Å². The van der Waals surface area contributed by atoms with Crippen molar-refractivity contribution in [3.63, 3.8) is 0 Å². The first-order chi connectivity index (χ1) is 16.7. The first-order valence-corrected chi connectivity index (χ1v) is 14.5. The highest BCUT2D eigenvalue weighted by atomic mass is 16.5. The summed E-state index contributed by atoms with van der Waals surface area (Å²) in [5.41, 5.74) is 0. The Morgan fingerprint density at radius 3 is 1.26 bits per heavy atom. The zero-order chi connectivity index (χ0) is 25.0.